The van der Waals surface area contributed by atoms with E-state index in [1.165, 1.54) is 18.5 Å². The SMILES string of the molecule is CCCC(CCC)S(=O)(=O)CC(NC(=O)c1cccnc1)C(=O)NC(Cc1ccccc1)C(O)C(O)CC(=O)NCc1ccccc1. The monoisotopic (exact) mass is 666 g/mol. The number of hydrogen-bond acceptors (Lipinski definition) is 8. The molecule has 0 aliphatic rings. The Hall–Kier alpha value is -4.13. The third kappa shape index (κ3) is 12.2. The summed E-state index contributed by atoms with van der Waals surface area (Å²) in [5.74, 6) is -2.70. The third-order valence-electron chi connectivity index (χ3n) is 7.83. The summed E-state index contributed by atoms with van der Waals surface area (Å²) in [6, 6.07) is 18.5. The molecule has 11 nitrogen and oxygen atoms in total. The Morgan fingerprint density at radius 1 is 0.830 bits per heavy atom. The number of sulfone groups is 1. The lowest BCUT2D eigenvalue weighted by Crippen LogP contribution is -2.57. The van der Waals surface area contributed by atoms with Crippen LogP contribution in [-0.2, 0) is 32.4 Å². The maximum atomic E-state index is 13.9. The number of aromatic nitrogens is 1. The second-order valence-corrected chi connectivity index (χ2v) is 14.0. The van der Waals surface area contributed by atoms with Gasteiger partial charge >= 0.3 is 0 Å². The van der Waals surface area contributed by atoms with Crippen LogP contribution in [0.5, 0.6) is 0 Å². The van der Waals surface area contributed by atoms with Crippen LogP contribution in [0, 0.1) is 0 Å². The summed E-state index contributed by atoms with van der Waals surface area (Å²) in [7, 11) is -3.85. The molecular formula is C35H46N4O7S. The number of nitrogens with zero attached hydrogens (tertiary/aromatic N) is 1. The highest BCUT2D eigenvalue weighted by molar-refractivity contribution is 7.92. The van der Waals surface area contributed by atoms with E-state index in [0.717, 1.165) is 5.56 Å². The summed E-state index contributed by atoms with van der Waals surface area (Å²) in [5.41, 5.74) is 1.71. The third-order valence-corrected chi connectivity index (χ3v) is 10.1. The highest BCUT2D eigenvalue weighted by Crippen LogP contribution is 2.18. The molecule has 0 saturated carbocycles. The van der Waals surface area contributed by atoms with E-state index >= 15 is 0 Å². The Balaban J connectivity index is 1.83. The Morgan fingerprint density at radius 2 is 1.45 bits per heavy atom. The summed E-state index contributed by atoms with van der Waals surface area (Å²) < 4.78 is 27.1. The van der Waals surface area contributed by atoms with Crippen molar-refractivity contribution in [3.05, 3.63) is 102 Å². The van der Waals surface area contributed by atoms with Gasteiger partial charge in [-0.05, 0) is 42.5 Å². The van der Waals surface area contributed by atoms with Gasteiger partial charge in [0.2, 0.25) is 11.8 Å². The van der Waals surface area contributed by atoms with Gasteiger partial charge in [0.25, 0.3) is 5.91 Å². The van der Waals surface area contributed by atoms with Crippen LogP contribution < -0.4 is 16.0 Å². The summed E-state index contributed by atoms with van der Waals surface area (Å²) in [6.07, 6.45) is 1.30. The van der Waals surface area contributed by atoms with Crippen molar-refractivity contribution in [3.8, 4) is 0 Å². The van der Waals surface area contributed by atoms with Gasteiger partial charge in [-0.2, -0.15) is 0 Å². The molecule has 0 aliphatic carbocycles. The molecule has 47 heavy (non-hydrogen) atoms. The summed E-state index contributed by atoms with van der Waals surface area (Å²) in [5, 5.41) is 29.4. The van der Waals surface area contributed by atoms with E-state index < -0.39 is 69.3 Å². The van der Waals surface area contributed by atoms with E-state index in [9.17, 15) is 33.0 Å². The molecule has 0 aliphatic heterocycles. The fraction of sp³-hybridized carbons (Fsp3) is 0.429. The van der Waals surface area contributed by atoms with E-state index in [4.69, 9.17) is 0 Å². The van der Waals surface area contributed by atoms with Crippen molar-refractivity contribution in [2.45, 2.75) is 88.5 Å². The van der Waals surface area contributed by atoms with Gasteiger partial charge in [-0.3, -0.25) is 19.4 Å². The standard InChI is InChI=1S/C35H46N4O7S/c1-3-12-28(13-4-2)47(45,46)24-30(39-34(43)27-18-11-19-36-23-27)35(44)38-29(20-25-14-7-5-8-15-25)33(42)31(40)21-32(41)37-22-26-16-9-6-10-17-26/h5-11,14-19,23,28-31,33,40,42H,3-4,12-13,20-22,24H2,1-2H3,(H,37,41)(H,38,44)(H,39,43). The largest absolute Gasteiger partial charge is 0.390 e. The molecule has 4 unspecified atom stereocenters. The number of carbonyl (C=O) groups is 3. The molecule has 2 aromatic carbocycles. The number of nitrogens with one attached hydrogen (secondary N) is 3. The van der Waals surface area contributed by atoms with E-state index in [-0.39, 0.29) is 18.5 Å². The van der Waals surface area contributed by atoms with Crippen molar-refractivity contribution in [2.75, 3.05) is 5.75 Å². The first kappa shape index (κ1) is 37.3. The number of benzene rings is 2. The lowest BCUT2D eigenvalue weighted by atomic mass is 9.95. The zero-order valence-corrected chi connectivity index (χ0v) is 27.7. The van der Waals surface area contributed by atoms with Crippen LogP contribution in [0.15, 0.2) is 85.2 Å². The first-order valence-electron chi connectivity index (χ1n) is 16.0. The van der Waals surface area contributed by atoms with Crippen LogP contribution in [0.3, 0.4) is 0 Å². The fourth-order valence-electron chi connectivity index (χ4n) is 5.29. The number of hydrogen-bond donors (Lipinski definition) is 5. The number of rotatable bonds is 19. The van der Waals surface area contributed by atoms with Gasteiger partial charge in [-0.1, -0.05) is 87.4 Å². The Bertz CT molecular complexity index is 1500. The van der Waals surface area contributed by atoms with Crippen LogP contribution in [-0.4, -0.2) is 76.6 Å². The van der Waals surface area contributed by atoms with E-state index in [0.29, 0.717) is 31.2 Å². The molecule has 0 bridgehead atoms. The molecule has 3 aromatic rings. The fourth-order valence-corrected chi connectivity index (χ4v) is 7.45. The molecule has 3 rings (SSSR count). The van der Waals surface area contributed by atoms with Gasteiger partial charge in [0.05, 0.1) is 35.1 Å². The van der Waals surface area contributed by atoms with Crippen LogP contribution in [0.4, 0.5) is 0 Å². The molecule has 0 spiro atoms. The van der Waals surface area contributed by atoms with Crippen molar-refractivity contribution in [1.82, 2.24) is 20.9 Å². The summed E-state index contributed by atoms with van der Waals surface area (Å²) in [6.45, 7) is 4.00. The van der Waals surface area contributed by atoms with Crippen molar-refractivity contribution >= 4 is 27.6 Å². The van der Waals surface area contributed by atoms with Gasteiger partial charge in [0.1, 0.15) is 12.1 Å². The molecule has 12 heteroatoms. The van der Waals surface area contributed by atoms with Crippen LogP contribution in [0.1, 0.15) is 67.4 Å². The quantitative estimate of drug-likeness (QED) is 0.130. The second-order valence-electron chi connectivity index (χ2n) is 11.6. The topological polar surface area (TPSA) is 175 Å². The minimum atomic E-state index is -3.85. The Labute approximate surface area is 277 Å². The molecule has 254 valence electrons. The number of aliphatic hydroxyl groups excluding tert-OH is 2. The lowest BCUT2D eigenvalue weighted by molar-refractivity contribution is -0.127. The predicted molar refractivity (Wildman–Crippen MR) is 180 cm³/mol. The molecule has 0 radical (unpaired) electrons. The number of amides is 3. The normalized spacial score (nSPS) is 14.1. The zero-order chi connectivity index (χ0) is 34.2. The van der Waals surface area contributed by atoms with Crippen LogP contribution >= 0.6 is 0 Å². The molecule has 4 atom stereocenters. The second kappa shape index (κ2) is 18.9. The highest BCUT2D eigenvalue weighted by atomic mass is 32.2. The maximum absolute atomic E-state index is 13.9. The average molecular weight is 667 g/mol. The zero-order valence-electron chi connectivity index (χ0n) is 26.9. The molecule has 1 aromatic heterocycles. The van der Waals surface area contributed by atoms with Gasteiger partial charge in [-0.25, -0.2) is 8.42 Å². The molecule has 0 fully saturated rings. The molecular weight excluding hydrogens is 620 g/mol. The molecule has 5 N–H and O–H groups in total. The van der Waals surface area contributed by atoms with E-state index in [1.54, 1.807) is 36.4 Å². The average Bonchev–Trinajstić information content (AvgIpc) is 3.07. The van der Waals surface area contributed by atoms with E-state index in [2.05, 4.69) is 20.9 Å². The maximum Gasteiger partial charge on any atom is 0.253 e. The number of carbonyl (C=O) groups excluding carboxylic acids is 3. The van der Waals surface area contributed by atoms with Crippen molar-refractivity contribution in [2.24, 2.45) is 0 Å². The lowest BCUT2D eigenvalue weighted by Gasteiger charge is -2.30. The van der Waals surface area contributed by atoms with Crippen LogP contribution in [0.2, 0.25) is 0 Å². The molecule has 3 amide bonds. The predicted octanol–water partition coefficient (Wildman–Crippen LogP) is 2.72. The summed E-state index contributed by atoms with van der Waals surface area (Å²) >= 11 is 0. The Morgan fingerprint density at radius 3 is 2.02 bits per heavy atom. The van der Waals surface area contributed by atoms with Gasteiger partial charge < -0.3 is 26.2 Å². The van der Waals surface area contributed by atoms with Gasteiger partial charge in [0.15, 0.2) is 9.84 Å². The minimum absolute atomic E-state index is 0.0563. The first-order valence-corrected chi connectivity index (χ1v) is 17.7. The van der Waals surface area contributed by atoms with Crippen molar-refractivity contribution in [3.63, 3.8) is 0 Å². The van der Waals surface area contributed by atoms with Crippen LogP contribution in [0.25, 0.3) is 0 Å². The van der Waals surface area contributed by atoms with Gasteiger partial charge in [0, 0.05) is 18.9 Å². The smallest absolute Gasteiger partial charge is 0.253 e. The number of aliphatic hydroxyl groups is 2. The van der Waals surface area contributed by atoms with Gasteiger partial charge in [-0.15, -0.1) is 0 Å². The number of pyridine rings is 1. The van der Waals surface area contributed by atoms with E-state index in [1.807, 2.05) is 44.2 Å². The van der Waals surface area contributed by atoms with Crippen molar-refractivity contribution in [1.29, 1.82) is 0 Å². The minimum Gasteiger partial charge on any atom is -0.390 e. The summed E-state index contributed by atoms with van der Waals surface area (Å²) in [4.78, 5) is 43.5. The van der Waals surface area contributed by atoms with Crippen molar-refractivity contribution < 1.29 is 33.0 Å². The highest BCUT2D eigenvalue weighted by Gasteiger charge is 2.36. The Kier molecular flexibility index (Phi) is 15.0. The first-order chi connectivity index (χ1) is 22.5. The molecule has 1 heterocycles. The molecule has 0 saturated heterocycles.